The second-order valence-corrected chi connectivity index (χ2v) is 9.55. The van der Waals surface area contributed by atoms with E-state index in [-0.39, 0.29) is 11.8 Å². The zero-order valence-electron chi connectivity index (χ0n) is 20.9. The number of pyridine rings is 1. The number of hydrogen-bond acceptors (Lipinski definition) is 7. The molecule has 1 amide bonds. The molecule has 2 aromatic carbocycles. The van der Waals surface area contributed by atoms with Crippen LogP contribution in [0.1, 0.15) is 30.4 Å². The van der Waals surface area contributed by atoms with Gasteiger partial charge in [-0.05, 0) is 60.9 Å². The van der Waals surface area contributed by atoms with Crippen LogP contribution in [0.3, 0.4) is 0 Å². The summed E-state index contributed by atoms with van der Waals surface area (Å²) in [5.41, 5.74) is 4.85. The second-order valence-electron chi connectivity index (χ2n) is 9.55. The van der Waals surface area contributed by atoms with Crippen molar-refractivity contribution in [3.63, 3.8) is 0 Å². The highest BCUT2D eigenvalue weighted by Crippen LogP contribution is 2.65. The van der Waals surface area contributed by atoms with Crippen LogP contribution in [0.25, 0.3) is 16.6 Å². The molecule has 1 aliphatic carbocycles. The van der Waals surface area contributed by atoms with Gasteiger partial charge in [0, 0.05) is 29.4 Å². The summed E-state index contributed by atoms with van der Waals surface area (Å²) >= 11 is 0. The van der Waals surface area contributed by atoms with Gasteiger partial charge in [-0.3, -0.25) is 9.89 Å². The van der Waals surface area contributed by atoms with E-state index in [1.165, 1.54) is 0 Å². The summed E-state index contributed by atoms with van der Waals surface area (Å²) in [4.78, 5) is 21.7. The fourth-order valence-electron chi connectivity index (χ4n) is 5.51. The number of carbonyl (C=O) groups excluding carboxylic acids is 1. The summed E-state index contributed by atoms with van der Waals surface area (Å²) in [5.74, 6) is 2.04. The van der Waals surface area contributed by atoms with Crippen molar-refractivity contribution in [2.75, 3.05) is 24.4 Å². The SMILES string of the molecule is CCOc1ncc(-n2ccnc2)cc1Nc1n[nH]c2cc([C@@H]3C[C@@]34C(=O)Nc3ccc(OC)cc34)ccc12. The number of carbonyl (C=O) groups is 1. The van der Waals surface area contributed by atoms with Gasteiger partial charge in [0.1, 0.15) is 11.4 Å². The van der Waals surface area contributed by atoms with Crippen LogP contribution in [0.4, 0.5) is 17.2 Å². The Bertz CT molecular complexity index is 1690. The number of nitrogens with zero attached hydrogens (tertiary/aromatic N) is 4. The number of H-pyrrole nitrogens is 1. The van der Waals surface area contributed by atoms with Crippen LogP contribution in [0, 0.1) is 0 Å². The standard InChI is InChI=1S/C28H25N7O3/c1-3-38-26-24(11-17(14-30-26)35-9-8-29-15-35)31-25-19-6-4-16(10-23(19)33-34-25)21-13-28(21)20-12-18(37-2)5-7-22(20)32-27(28)36/h4-12,14-15,21H,3,13H2,1-2H3,(H,32,36)(H2,31,33,34)/t21-,28-/m0/s1. The Kier molecular flexibility index (Phi) is 4.90. The molecular formula is C28H25N7O3. The van der Waals surface area contributed by atoms with Crippen molar-refractivity contribution in [2.24, 2.45) is 0 Å². The van der Waals surface area contributed by atoms with Crippen LogP contribution in [0.15, 0.2) is 67.4 Å². The van der Waals surface area contributed by atoms with Crippen molar-refractivity contribution in [2.45, 2.75) is 24.7 Å². The third-order valence-electron chi connectivity index (χ3n) is 7.48. The first-order valence-electron chi connectivity index (χ1n) is 12.5. The number of benzene rings is 2. The van der Waals surface area contributed by atoms with E-state index < -0.39 is 5.41 Å². The van der Waals surface area contributed by atoms with E-state index in [2.05, 4.69) is 42.9 Å². The number of ether oxygens (including phenoxy) is 2. The Morgan fingerprint density at radius 2 is 2.13 bits per heavy atom. The smallest absolute Gasteiger partial charge is 0.237 e. The normalized spacial score (nSPS) is 19.4. The van der Waals surface area contributed by atoms with Gasteiger partial charge >= 0.3 is 0 Å². The molecule has 1 spiro atoms. The quantitative estimate of drug-likeness (QED) is 0.293. The molecule has 38 heavy (non-hydrogen) atoms. The third kappa shape index (κ3) is 3.33. The number of rotatable bonds is 7. The Morgan fingerprint density at radius 3 is 2.95 bits per heavy atom. The molecule has 190 valence electrons. The lowest BCUT2D eigenvalue weighted by atomic mass is 9.91. The van der Waals surface area contributed by atoms with Gasteiger partial charge in [0.2, 0.25) is 11.8 Å². The summed E-state index contributed by atoms with van der Waals surface area (Å²) in [6.07, 6.45) is 7.79. The highest BCUT2D eigenvalue weighted by Gasteiger charge is 2.65. The van der Waals surface area contributed by atoms with E-state index in [0.717, 1.165) is 45.6 Å². The van der Waals surface area contributed by atoms with Crippen molar-refractivity contribution in [1.82, 2.24) is 24.7 Å². The lowest BCUT2D eigenvalue weighted by Gasteiger charge is -2.12. The molecule has 0 radical (unpaired) electrons. The molecule has 1 saturated carbocycles. The Hall–Kier alpha value is -4.86. The maximum Gasteiger partial charge on any atom is 0.237 e. The van der Waals surface area contributed by atoms with Gasteiger partial charge in [0.05, 0.1) is 42.9 Å². The van der Waals surface area contributed by atoms with E-state index in [1.54, 1.807) is 25.8 Å². The summed E-state index contributed by atoms with van der Waals surface area (Å²) in [6, 6.07) is 13.9. The molecule has 10 heteroatoms. The second kappa shape index (κ2) is 8.34. The zero-order valence-corrected chi connectivity index (χ0v) is 20.9. The van der Waals surface area contributed by atoms with E-state index in [0.29, 0.717) is 24.0 Å². The van der Waals surface area contributed by atoms with Gasteiger partial charge < -0.3 is 24.7 Å². The summed E-state index contributed by atoms with van der Waals surface area (Å²) in [7, 11) is 1.64. The minimum absolute atomic E-state index is 0.0477. The van der Waals surface area contributed by atoms with Crippen molar-refractivity contribution < 1.29 is 14.3 Å². The van der Waals surface area contributed by atoms with Crippen LogP contribution in [-0.4, -0.2) is 44.4 Å². The van der Waals surface area contributed by atoms with Gasteiger partial charge in [-0.15, -0.1) is 0 Å². The number of fused-ring (bicyclic) bond motifs is 3. The highest BCUT2D eigenvalue weighted by molar-refractivity contribution is 6.10. The Labute approximate surface area is 218 Å². The minimum atomic E-state index is -0.551. The molecule has 2 atom stereocenters. The maximum atomic E-state index is 13.1. The average Bonchev–Trinajstić information content (AvgIpc) is 3.20. The summed E-state index contributed by atoms with van der Waals surface area (Å²) in [5, 5.41) is 15.0. The van der Waals surface area contributed by atoms with Crippen molar-refractivity contribution in [3.8, 4) is 17.3 Å². The van der Waals surface area contributed by atoms with Crippen LogP contribution in [0.5, 0.6) is 11.6 Å². The lowest BCUT2D eigenvalue weighted by molar-refractivity contribution is -0.118. The van der Waals surface area contributed by atoms with E-state index >= 15 is 0 Å². The molecule has 3 N–H and O–H groups in total. The van der Waals surface area contributed by atoms with Crippen LogP contribution in [0.2, 0.25) is 0 Å². The van der Waals surface area contributed by atoms with Crippen molar-refractivity contribution >= 4 is 34.0 Å². The summed E-state index contributed by atoms with van der Waals surface area (Å²) < 4.78 is 13.1. The molecule has 0 unspecified atom stereocenters. The Morgan fingerprint density at radius 1 is 1.21 bits per heavy atom. The van der Waals surface area contributed by atoms with Crippen LogP contribution in [-0.2, 0) is 10.2 Å². The number of nitrogens with one attached hydrogen (secondary N) is 3. The van der Waals surface area contributed by atoms with Gasteiger partial charge in [-0.25, -0.2) is 9.97 Å². The number of aromatic nitrogens is 5. The highest BCUT2D eigenvalue weighted by atomic mass is 16.5. The van der Waals surface area contributed by atoms with Crippen molar-refractivity contribution in [1.29, 1.82) is 0 Å². The molecule has 10 nitrogen and oxygen atoms in total. The van der Waals surface area contributed by atoms with Gasteiger partial charge in [-0.1, -0.05) is 6.07 Å². The van der Waals surface area contributed by atoms with Crippen LogP contribution >= 0.6 is 0 Å². The fraction of sp³-hybridized carbons (Fsp3) is 0.214. The molecule has 7 rings (SSSR count). The monoisotopic (exact) mass is 507 g/mol. The Balaban J connectivity index is 1.20. The molecule has 1 aliphatic heterocycles. The van der Waals surface area contributed by atoms with Gasteiger partial charge in [0.25, 0.3) is 0 Å². The van der Waals surface area contributed by atoms with Gasteiger partial charge in [-0.2, -0.15) is 5.10 Å². The predicted octanol–water partition coefficient (Wildman–Crippen LogP) is 4.67. The first-order valence-corrected chi connectivity index (χ1v) is 12.5. The largest absolute Gasteiger partial charge is 0.497 e. The fourth-order valence-corrected chi connectivity index (χ4v) is 5.51. The molecule has 2 aliphatic rings. The number of hydrogen-bond donors (Lipinski definition) is 3. The molecule has 1 fully saturated rings. The first-order chi connectivity index (χ1) is 18.6. The molecule has 0 saturated heterocycles. The van der Waals surface area contributed by atoms with E-state index in [9.17, 15) is 4.79 Å². The number of aromatic amines is 1. The molecule has 3 aromatic heterocycles. The molecule has 5 aromatic rings. The lowest BCUT2D eigenvalue weighted by Crippen LogP contribution is -2.21. The first kappa shape index (κ1) is 22.3. The maximum absolute atomic E-state index is 13.1. The molecular weight excluding hydrogens is 482 g/mol. The molecule has 0 bridgehead atoms. The average molecular weight is 508 g/mol. The van der Waals surface area contributed by atoms with E-state index in [4.69, 9.17) is 9.47 Å². The predicted molar refractivity (Wildman–Crippen MR) is 143 cm³/mol. The van der Waals surface area contributed by atoms with E-state index in [1.807, 2.05) is 48.0 Å². The topological polar surface area (TPSA) is 119 Å². The summed E-state index contributed by atoms with van der Waals surface area (Å²) in [6.45, 7) is 2.41. The molecule has 4 heterocycles. The van der Waals surface area contributed by atoms with Crippen molar-refractivity contribution in [3.05, 3.63) is 78.5 Å². The zero-order chi connectivity index (χ0) is 25.9. The number of amides is 1. The third-order valence-corrected chi connectivity index (χ3v) is 7.48. The minimum Gasteiger partial charge on any atom is -0.497 e. The van der Waals surface area contributed by atoms with Crippen LogP contribution < -0.4 is 20.1 Å². The van der Waals surface area contributed by atoms with Gasteiger partial charge in [0.15, 0.2) is 5.82 Å². The number of methoxy groups -OCH3 is 1. The number of anilines is 3. The number of imidazole rings is 1.